The molecular weight excluding hydrogens is 959 g/mol. The number of aliphatic hydroxyl groups is 2. The van der Waals surface area contributed by atoms with Gasteiger partial charge >= 0.3 is 29.4 Å². The van der Waals surface area contributed by atoms with Gasteiger partial charge in [0.25, 0.3) is 0 Å². The maximum atomic E-state index is 12.9. The predicted molar refractivity (Wildman–Crippen MR) is 230 cm³/mol. The fourth-order valence-corrected chi connectivity index (χ4v) is 10.1. The third kappa shape index (κ3) is 14.9. The zero-order valence-electron chi connectivity index (χ0n) is 35.0. The summed E-state index contributed by atoms with van der Waals surface area (Å²) in [6.45, 7) is 0.150. The number of hydrogen-bond acceptors (Lipinski definition) is 19. The number of carboxylic acids is 1. The van der Waals surface area contributed by atoms with Gasteiger partial charge in [-0.1, -0.05) is 68.1 Å². The summed E-state index contributed by atoms with van der Waals surface area (Å²) in [4.78, 5) is 101. The number of anilines is 1. The quantitative estimate of drug-likeness (QED) is 0.0348. The number of carbonyl (C=O) groups excluding carboxylic acids is 3. The molecule has 3 heterocycles. The fraction of sp³-hybridized carbons (Fsp3) is 0.472. The number of carboxylic acid groups (broad SMARTS) is 1. The Morgan fingerprint density at radius 3 is 2.36 bits per heavy atom. The van der Waals surface area contributed by atoms with Gasteiger partial charge in [0, 0.05) is 36.6 Å². The molecule has 4 aromatic rings. The lowest BCUT2D eigenvalue weighted by molar-refractivity contribution is -0.139. The second-order valence-electron chi connectivity index (χ2n) is 15.4. The van der Waals surface area contributed by atoms with Crippen LogP contribution in [-0.4, -0.2) is 134 Å². The van der Waals surface area contributed by atoms with Crippen molar-refractivity contribution in [1.82, 2.24) is 30.2 Å². The van der Waals surface area contributed by atoms with Gasteiger partial charge in [0.1, 0.15) is 36.3 Å². The van der Waals surface area contributed by atoms with Crippen molar-refractivity contribution in [2.75, 3.05) is 37.8 Å². The number of phosphoric acid groups is 3. The number of phosphoric ester groups is 3. The topological polar surface area (TPSA) is 401 Å². The van der Waals surface area contributed by atoms with Crippen LogP contribution in [0.3, 0.4) is 0 Å². The zero-order chi connectivity index (χ0) is 48.6. The molecule has 5 rings (SSSR count). The number of fused-ring (bicyclic) bond motifs is 2. The summed E-state index contributed by atoms with van der Waals surface area (Å²) in [6.07, 6.45) is -7.31. The normalized spacial score (nSPS) is 20.6. The monoisotopic (exact) mass is 1010 g/mol. The van der Waals surface area contributed by atoms with Gasteiger partial charge in [0.05, 0.1) is 26.0 Å². The first-order valence-corrected chi connectivity index (χ1v) is 25.1. The molecule has 66 heavy (non-hydrogen) atoms. The Hall–Kier alpha value is -4.27. The number of hydrogen-bond donors (Lipinski definition) is 10. The molecule has 11 N–H and O–H groups in total. The van der Waals surface area contributed by atoms with E-state index in [4.69, 9.17) is 19.5 Å². The number of aromatic nitrogens is 4. The van der Waals surface area contributed by atoms with E-state index in [2.05, 4.69) is 34.4 Å². The smallest absolute Gasteiger partial charge is 0.481 e. The average Bonchev–Trinajstić information content (AvgIpc) is 3.79. The number of aliphatic hydroxyl groups excluding tert-OH is 2. The summed E-state index contributed by atoms with van der Waals surface area (Å²) in [7, 11) is -16.5. The van der Waals surface area contributed by atoms with Crippen LogP contribution >= 0.6 is 35.2 Å². The van der Waals surface area contributed by atoms with Crippen molar-refractivity contribution in [1.29, 1.82) is 0 Å². The van der Waals surface area contributed by atoms with Gasteiger partial charge in [-0.2, -0.15) is 4.31 Å². The molecule has 1 fully saturated rings. The van der Waals surface area contributed by atoms with Crippen LogP contribution in [0.5, 0.6) is 0 Å². The second kappa shape index (κ2) is 22.2. The lowest BCUT2D eigenvalue weighted by Crippen LogP contribution is -2.46. The van der Waals surface area contributed by atoms with Gasteiger partial charge in [0.15, 0.2) is 22.8 Å². The molecule has 0 saturated carbocycles. The summed E-state index contributed by atoms with van der Waals surface area (Å²) < 4.78 is 62.4. The molecule has 2 aromatic carbocycles. The highest BCUT2D eigenvalue weighted by Crippen LogP contribution is 2.61. The lowest BCUT2D eigenvalue weighted by Gasteiger charge is -2.30. The van der Waals surface area contributed by atoms with E-state index in [-0.39, 0.29) is 60.2 Å². The van der Waals surface area contributed by atoms with E-state index < -0.39 is 96.4 Å². The highest BCUT2D eigenvalue weighted by atomic mass is 32.2. The van der Waals surface area contributed by atoms with E-state index in [0.29, 0.717) is 0 Å². The summed E-state index contributed by atoms with van der Waals surface area (Å²) >= 11 is 0.880. The van der Waals surface area contributed by atoms with E-state index in [9.17, 15) is 67.8 Å². The molecule has 0 spiro atoms. The minimum absolute atomic E-state index is 0.0176. The van der Waals surface area contributed by atoms with Gasteiger partial charge in [-0.3, -0.25) is 37.3 Å². The maximum absolute atomic E-state index is 12.9. The molecule has 362 valence electrons. The first-order valence-electron chi connectivity index (χ1n) is 19.6. The van der Waals surface area contributed by atoms with Crippen LogP contribution in [0, 0.1) is 11.3 Å². The number of thioether (sulfide) groups is 1. The molecule has 1 saturated heterocycles. The van der Waals surface area contributed by atoms with Crippen molar-refractivity contribution in [3.63, 3.8) is 0 Å². The number of rotatable bonds is 24. The molecule has 2 amide bonds. The summed E-state index contributed by atoms with van der Waals surface area (Å²) in [5, 5.41) is 37.5. The van der Waals surface area contributed by atoms with Crippen molar-refractivity contribution in [2.45, 2.75) is 63.8 Å². The zero-order valence-corrected chi connectivity index (χ0v) is 38.5. The van der Waals surface area contributed by atoms with Crippen molar-refractivity contribution in [2.24, 2.45) is 11.3 Å². The maximum Gasteiger partial charge on any atom is 0.481 e. The number of nitrogens with two attached hydrogens (primary N) is 1. The van der Waals surface area contributed by atoms with Gasteiger partial charge in [-0.15, -0.1) is 0 Å². The van der Waals surface area contributed by atoms with Crippen LogP contribution in [0.15, 0.2) is 55.1 Å². The molecule has 4 unspecified atom stereocenters. The van der Waals surface area contributed by atoms with Gasteiger partial charge in [-0.25, -0.2) is 28.6 Å². The molecule has 8 atom stereocenters. The number of imidazole rings is 1. The summed E-state index contributed by atoms with van der Waals surface area (Å²) in [5.41, 5.74) is 5.00. The Morgan fingerprint density at radius 2 is 1.67 bits per heavy atom. The third-order valence-corrected chi connectivity index (χ3v) is 13.9. The molecule has 1 aliphatic heterocycles. The average molecular weight is 1010 g/mol. The molecular formula is C36H48N7O19P3S. The number of nitrogens with one attached hydrogen (secondary N) is 2. The Balaban J connectivity index is 1.03. The van der Waals surface area contributed by atoms with Crippen LogP contribution in [0.4, 0.5) is 5.82 Å². The third-order valence-electron chi connectivity index (χ3n) is 9.80. The molecule has 30 heteroatoms. The van der Waals surface area contributed by atoms with Gasteiger partial charge < -0.3 is 56.0 Å². The number of carbonyl (C=O) groups is 4. The van der Waals surface area contributed by atoms with Crippen LogP contribution in [0.25, 0.3) is 21.9 Å². The Morgan fingerprint density at radius 1 is 0.970 bits per heavy atom. The highest BCUT2D eigenvalue weighted by Gasteiger charge is 2.50. The SMILES string of the molecule is CC(C)(COP(=O)(O)OP(=O)(O)OC[C@H]1O[C@@H](n2cnc3c(N)ncnc32)[C@H](O)[C@@H]1OP(=O)(O)O)C(O)C(=O)NCCC(=O)NCCSC(=O)C(CC(=O)O)Cc1ccc2ccccc2c1. The van der Waals surface area contributed by atoms with E-state index in [1.165, 1.54) is 13.8 Å². The number of aliphatic carboxylic acids is 1. The molecule has 2 aromatic heterocycles. The summed E-state index contributed by atoms with van der Waals surface area (Å²) in [6, 6.07) is 13.3. The van der Waals surface area contributed by atoms with E-state index in [0.717, 1.165) is 45.3 Å². The highest BCUT2D eigenvalue weighted by molar-refractivity contribution is 8.13. The Bertz CT molecular complexity index is 2550. The number of nitrogen functional groups attached to an aromatic ring is 1. The van der Waals surface area contributed by atoms with Crippen molar-refractivity contribution in [3.05, 3.63) is 60.7 Å². The number of nitrogens with zero attached hydrogens (tertiary/aromatic N) is 4. The number of ether oxygens (including phenoxy) is 1. The van der Waals surface area contributed by atoms with Crippen molar-refractivity contribution in [3.8, 4) is 0 Å². The largest absolute Gasteiger partial charge is 0.481 e. The first-order chi connectivity index (χ1) is 30.8. The Labute approximate surface area is 379 Å². The Kier molecular flexibility index (Phi) is 17.7. The van der Waals surface area contributed by atoms with E-state index in [1.807, 2.05) is 42.5 Å². The molecule has 0 aliphatic carbocycles. The molecule has 0 bridgehead atoms. The summed E-state index contributed by atoms with van der Waals surface area (Å²) in [5.74, 6) is -3.40. The fourth-order valence-electron chi connectivity index (χ4n) is 6.50. The number of amides is 2. The van der Waals surface area contributed by atoms with E-state index in [1.54, 1.807) is 0 Å². The first kappa shape index (κ1) is 52.7. The molecule has 1 aliphatic rings. The van der Waals surface area contributed by atoms with Crippen molar-refractivity contribution < 1.29 is 90.4 Å². The van der Waals surface area contributed by atoms with E-state index >= 15 is 0 Å². The number of benzene rings is 2. The van der Waals surface area contributed by atoms with Gasteiger partial charge in [0.2, 0.25) is 11.8 Å². The van der Waals surface area contributed by atoms with Gasteiger partial charge in [-0.05, 0) is 22.8 Å². The molecule has 26 nitrogen and oxygen atoms in total. The minimum Gasteiger partial charge on any atom is -0.481 e. The lowest BCUT2D eigenvalue weighted by atomic mass is 9.87. The standard InChI is InChI=1S/C36H48N7O19P3S/c1-36(2,30(48)33(49)39-10-9-25(44)38-11-12-66-35(50)23(15-26(45)46)14-20-7-8-21-5-3-4-6-22(21)13-20)17-59-65(56,57)62-64(54,55)58-16-24-29(61-63(51,52)53)28(47)34(60-24)43-19-42-27-31(37)40-18-41-32(27)43/h3-8,13,18-19,23-24,28-30,34,47-48H,9-12,14-17H2,1-2H3,(H,38,44)(H,39,49)(H,45,46)(H,54,55)(H,56,57)(H2,37,40,41)(H2,51,52,53)/t23?,24-,28-,29-,30?,34-/m1/s1. The van der Waals surface area contributed by atoms with Crippen LogP contribution in [-0.2, 0) is 61.9 Å². The van der Waals surface area contributed by atoms with Crippen LogP contribution in [0.2, 0.25) is 0 Å². The van der Waals surface area contributed by atoms with Crippen LogP contribution < -0.4 is 16.4 Å². The van der Waals surface area contributed by atoms with Crippen molar-refractivity contribution >= 4 is 85.9 Å². The second-order valence-corrected chi connectivity index (χ2v) is 20.8. The molecule has 0 radical (unpaired) electrons. The van der Waals surface area contributed by atoms with Crippen LogP contribution in [0.1, 0.15) is 38.5 Å². The minimum atomic E-state index is -5.61. The predicted octanol–water partition coefficient (Wildman–Crippen LogP) is 1.15.